The first kappa shape index (κ1) is 28.3. The molecule has 9 rings (SSSR count). The number of para-hydroxylation sites is 3. The lowest BCUT2D eigenvalue weighted by Gasteiger charge is -2.26. The van der Waals surface area contributed by atoms with Crippen LogP contribution >= 0.6 is 0 Å². The number of benzene rings is 7. The van der Waals surface area contributed by atoms with Gasteiger partial charge in [-0.05, 0) is 119 Å². The van der Waals surface area contributed by atoms with E-state index in [9.17, 15) is 0 Å². The number of aromatic nitrogens is 2. The second-order valence-corrected chi connectivity index (χ2v) is 13.4. The van der Waals surface area contributed by atoms with Crippen molar-refractivity contribution in [1.29, 1.82) is 0 Å². The van der Waals surface area contributed by atoms with E-state index in [-0.39, 0.29) is 5.41 Å². The van der Waals surface area contributed by atoms with Gasteiger partial charge < -0.3 is 4.90 Å². The Morgan fingerprint density at radius 1 is 0.542 bits per heavy atom. The summed E-state index contributed by atoms with van der Waals surface area (Å²) in [6.07, 6.45) is 0. The summed E-state index contributed by atoms with van der Waals surface area (Å²) >= 11 is 0. The van der Waals surface area contributed by atoms with Gasteiger partial charge in [0.05, 0.1) is 11.0 Å². The molecule has 0 atom stereocenters. The Bertz CT molecular complexity index is 2440. The predicted octanol–water partition coefficient (Wildman–Crippen LogP) is 11.9. The quantitative estimate of drug-likeness (QED) is 0.192. The number of fused-ring (bicyclic) bond motifs is 5. The number of hydrogen-bond donors (Lipinski definition) is 0. The predicted molar refractivity (Wildman–Crippen MR) is 201 cm³/mol. The Hall–Kier alpha value is -5.93. The Morgan fingerprint density at radius 3 is 1.88 bits per heavy atom. The molecule has 0 aliphatic heterocycles. The highest BCUT2D eigenvalue weighted by Gasteiger charge is 2.37. The van der Waals surface area contributed by atoms with Crippen LogP contribution in [0.2, 0.25) is 0 Å². The number of rotatable bonds is 5. The summed E-state index contributed by atoms with van der Waals surface area (Å²) in [6, 6.07) is 56.9. The molecule has 230 valence electrons. The molecule has 7 aromatic carbocycles. The normalized spacial score (nSPS) is 13.1. The molecule has 1 aliphatic carbocycles. The van der Waals surface area contributed by atoms with E-state index in [4.69, 9.17) is 4.98 Å². The Labute approximate surface area is 281 Å². The van der Waals surface area contributed by atoms with Crippen LogP contribution in [0.3, 0.4) is 0 Å². The van der Waals surface area contributed by atoms with Gasteiger partial charge in [-0.3, -0.25) is 4.57 Å². The number of aryl methyl sites for hydroxylation is 1. The Kier molecular flexibility index (Phi) is 6.38. The van der Waals surface area contributed by atoms with Crippen molar-refractivity contribution in [3.05, 3.63) is 174 Å². The second-order valence-electron chi connectivity index (χ2n) is 13.4. The van der Waals surface area contributed by atoms with E-state index in [0.717, 1.165) is 45.2 Å². The average Bonchev–Trinajstić information content (AvgIpc) is 3.60. The molecule has 0 bridgehead atoms. The summed E-state index contributed by atoms with van der Waals surface area (Å²) in [5.41, 5.74) is 14.1. The van der Waals surface area contributed by atoms with Crippen LogP contribution in [0.1, 0.15) is 30.5 Å². The topological polar surface area (TPSA) is 21.1 Å². The highest BCUT2D eigenvalue weighted by molar-refractivity contribution is 5.99. The van der Waals surface area contributed by atoms with Gasteiger partial charge in [0.25, 0.3) is 0 Å². The van der Waals surface area contributed by atoms with Crippen molar-refractivity contribution < 1.29 is 0 Å². The minimum absolute atomic E-state index is 0.179. The molecule has 0 saturated carbocycles. The van der Waals surface area contributed by atoms with Gasteiger partial charge in [-0.25, -0.2) is 4.98 Å². The molecule has 0 radical (unpaired) electrons. The maximum atomic E-state index is 5.31. The van der Waals surface area contributed by atoms with Crippen LogP contribution < -0.4 is 4.90 Å². The summed E-state index contributed by atoms with van der Waals surface area (Å²) in [4.78, 5) is 7.64. The molecular weight excluding hydrogens is 583 g/mol. The van der Waals surface area contributed by atoms with Crippen LogP contribution in [0.5, 0.6) is 0 Å². The largest absolute Gasteiger partial charge is 0.310 e. The standard InChI is InChI=1S/C45H35N3/c1-30-14-13-15-32(24-30)44-46-42-29-41-39(28-43(42)48(44)36-20-11-6-12-21-36)38-26-31-22-23-37(25-33(31)27-40(38)45(41,2)3)47(34-16-7-4-8-17-34)35-18-9-5-10-19-35/h4-29H,1-3H3. The van der Waals surface area contributed by atoms with Crippen LogP contribution in [-0.2, 0) is 5.41 Å². The van der Waals surface area contributed by atoms with Gasteiger partial charge in [-0.1, -0.05) is 98.3 Å². The Morgan fingerprint density at radius 2 is 1.19 bits per heavy atom. The van der Waals surface area contributed by atoms with Crippen molar-refractivity contribution in [3.63, 3.8) is 0 Å². The highest BCUT2D eigenvalue weighted by atomic mass is 15.1. The molecule has 0 spiro atoms. The lowest BCUT2D eigenvalue weighted by molar-refractivity contribution is 0.662. The number of hydrogen-bond acceptors (Lipinski definition) is 2. The molecule has 1 aliphatic rings. The summed E-state index contributed by atoms with van der Waals surface area (Å²) in [5, 5.41) is 2.47. The van der Waals surface area contributed by atoms with Gasteiger partial charge in [0.15, 0.2) is 0 Å². The van der Waals surface area contributed by atoms with Crippen LogP contribution in [0.25, 0.3) is 50.0 Å². The molecule has 0 fully saturated rings. The van der Waals surface area contributed by atoms with Crippen molar-refractivity contribution in [3.8, 4) is 28.2 Å². The molecule has 8 aromatic rings. The zero-order valence-electron chi connectivity index (χ0n) is 27.4. The minimum Gasteiger partial charge on any atom is -0.310 e. The smallest absolute Gasteiger partial charge is 0.145 e. The van der Waals surface area contributed by atoms with Gasteiger partial charge in [0.2, 0.25) is 0 Å². The third-order valence-electron chi connectivity index (χ3n) is 9.97. The first-order chi connectivity index (χ1) is 23.5. The van der Waals surface area contributed by atoms with E-state index in [1.54, 1.807) is 0 Å². The second kappa shape index (κ2) is 10.8. The van der Waals surface area contributed by atoms with Crippen molar-refractivity contribution in [2.24, 2.45) is 0 Å². The molecule has 1 heterocycles. The molecule has 48 heavy (non-hydrogen) atoms. The van der Waals surface area contributed by atoms with E-state index in [1.165, 1.54) is 38.6 Å². The molecule has 3 heteroatoms. The summed E-state index contributed by atoms with van der Waals surface area (Å²) in [6.45, 7) is 6.85. The van der Waals surface area contributed by atoms with Gasteiger partial charge in [-0.2, -0.15) is 0 Å². The zero-order chi connectivity index (χ0) is 32.4. The number of anilines is 3. The van der Waals surface area contributed by atoms with Crippen LogP contribution in [0.15, 0.2) is 158 Å². The van der Waals surface area contributed by atoms with Gasteiger partial charge in [0, 0.05) is 33.7 Å². The fraction of sp³-hybridized carbons (Fsp3) is 0.0889. The maximum absolute atomic E-state index is 5.31. The van der Waals surface area contributed by atoms with Crippen molar-refractivity contribution in [2.45, 2.75) is 26.2 Å². The molecule has 0 unspecified atom stereocenters. The van der Waals surface area contributed by atoms with E-state index < -0.39 is 0 Å². The van der Waals surface area contributed by atoms with Crippen molar-refractivity contribution in [1.82, 2.24) is 9.55 Å². The van der Waals surface area contributed by atoms with Crippen LogP contribution in [-0.4, -0.2) is 9.55 Å². The SMILES string of the molecule is Cc1cccc(-c2nc3cc4c(cc3n2-c2ccccc2)-c2cc3ccc(N(c5ccccc5)c5ccccc5)cc3cc2C4(C)C)c1. The van der Waals surface area contributed by atoms with E-state index in [1.807, 2.05) is 0 Å². The van der Waals surface area contributed by atoms with Crippen LogP contribution in [0, 0.1) is 6.92 Å². The first-order valence-corrected chi connectivity index (χ1v) is 16.6. The van der Waals surface area contributed by atoms with Gasteiger partial charge in [0.1, 0.15) is 5.82 Å². The molecular formula is C45H35N3. The van der Waals surface area contributed by atoms with Crippen molar-refractivity contribution in [2.75, 3.05) is 4.90 Å². The number of nitrogens with zero attached hydrogens (tertiary/aromatic N) is 3. The molecule has 1 aromatic heterocycles. The highest BCUT2D eigenvalue weighted by Crippen LogP contribution is 2.52. The Balaban J connectivity index is 1.23. The lowest BCUT2D eigenvalue weighted by atomic mass is 9.81. The van der Waals surface area contributed by atoms with Gasteiger partial charge in [-0.15, -0.1) is 0 Å². The lowest BCUT2D eigenvalue weighted by Crippen LogP contribution is -2.15. The van der Waals surface area contributed by atoms with E-state index in [0.29, 0.717) is 0 Å². The average molecular weight is 618 g/mol. The van der Waals surface area contributed by atoms with E-state index in [2.05, 4.69) is 188 Å². The molecule has 0 saturated heterocycles. The van der Waals surface area contributed by atoms with Gasteiger partial charge >= 0.3 is 0 Å². The summed E-state index contributed by atoms with van der Waals surface area (Å²) in [7, 11) is 0. The maximum Gasteiger partial charge on any atom is 0.145 e. The fourth-order valence-corrected chi connectivity index (χ4v) is 7.59. The molecule has 3 nitrogen and oxygen atoms in total. The summed E-state index contributed by atoms with van der Waals surface area (Å²) in [5.74, 6) is 0.967. The minimum atomic E-state index is -0.179. The van der Waals surface area contributed by atoms with E-state index >= 15 is 0 Å². The summed E-state index contributed by atoms with van der Waals surface area (Å²) < 4.78 is 2.32. The fourth-order valence-electron chi connectivity index (χ4n) is 7.59. The molecule has 0 N–H and O–H groups in total. The third kappa shape index (κ3) is 4.46. The van der Waals surface area contributed by atoms with Crippen LogP contribution in [0.4, 0.5) is 17.1 Å². The zero-order valence-corrected chi connectivity index (χ0v) is 27.4. The van der Waals surface area contributed by atoms with Crippen molar-refractivity contribution >= 4 is 38.9 Å². The molecule has 0 amide bonds. The first-order valence-electron chi connectivity index (χ1n) is 16.6. The third-order valence-corrected chi connectivity index (χ3v) is 9.97. The number of imidazole rings is 1. The monoisotopic (exact) mass is 617 g/mol.